The van der Waals surface area contributed by atoms with E-state index in [1.165, 1.54) is 0 Å². The number of benzodiazepines with no additional fused rings is 1. The molecule has 0 amide bonds. The van der Waals surface area contributed by atoms with E-state index >= 15 is 0 Å². The number of Topliss-reactive ketones (excluding diaryl/α,β-unsaturated/α-hetero) is 1. The van der Waals surface area contributed by atoms with Crippen molar-refractivity contribution in [3.63, 3.8) is 0 Å². The summed E-state index contributed by atoms with van der Waals surface area (Å²) in [5.41, 5.74) is 1.54. The van der Waals surface area contributed by atoms with Gasteiger partial charge in [-0.1, -0.05) is 44.2 Å². The zero-order chi connectivity index (χ0) is 15.7. The average Bonchev–Trinajstić information content (AvgIpc) is 2.73. The van der Waals surface area contributed by atoms with Crippen LogP contribution in [0.5, 0.6) is 0 Å². The summed E-state index contributed by atoms with van der Waals surface area (Å²) in [6.45, 7) is 4.66. The maximum Gasteiger partial charge on any atom is 0.188 e. The van der Waals surface area contributed by atoms with Gasteiger partial charge in [-0.05, 0) is 12.0 Å². The highest BCUT2D eigenvalue weighted by Crippen LogP contribution is 2.40. The molecule has 2 N–H and O–H groups in total. The van der Waals surface area contributed by atoms with Crippen molar-refractivity contribution in [1.82, 2.24) is 0 Å². The van der Waals surface area contributed by atoms with Crippen LogP contribution in [-0.2, 0) is 4.79 Å². The number of benzene rings is 1. The van der Waals surface area contributed by atoms with Crippen molar-refractivity contribution in [2.75, 3.05) is 11.9 Å². The molecule has 0 radical (unpaired) electrons. The third kappa shape index (κ3) is 2.19. The average molecular weight is 295 g/mol. The van der Waals surface area contributed by atoms with Gasteiger partial charge in [0.15, 0.2) is 5.78 Å². The van der Waals surface area contributed by atoms with E-state index in [9.17, 15) is 4.79 Å². The van der Waals surface area contributed by atoms with Crippen LogP contribution in [0.25, 0.3) is 0 Å². The molecule has 0 spiro atoms. The molecular formula is C18H21N3O. The third-order valence-electron chi connectivity index (χ3n) is 4.73. The Bertz CT molecular complexity index is 675. The summed E-state index contributed by atoms with van der Waals surface area (Å²) in [6, 6.07) is 7.79. The lowest BCUT2D eigenvalue weighted by Gasteiger charge is -2.40. The van der Waals surface area contributed by atoms with E-state index in [1.807, 2.05) is 56.5 Å². The molecule has 1 heterocycles. The number of allylic oxidation sites excluding steroid dienone is 1. The second-order valence-corrected chi connectivity index (χ2v) is 6.26. The van der Waals surface area contributed by atoms with E-state index < -0.39 is 5.41 Å². The molecule has 0 aromatic heterocycles. The highest BCUT2D eigenvalue weighted by Gasteiger charge is 2.48. The molecule has 1 unspecified atom stereocenters. The molecule has 1 aromatic carbocycles. The van der Waals surface area contributed by atoms with Crippen molar-refractivity contribution in [3.05, 3.63) is 42.0 Å². The SMILES string of the molecule is CC(C)C1([C@@H]2CNc3ccccc3C=N2)C=CCC(=N)C1=O. The van der Waals surface area contributed by atoms with Gasteiger partial charge in [0.1, 0.15) is 0 Å². The Labute approximate surface area is 130 Å². The van der Waals surface area contributed by atoms with E-state index in [1.54, 1.807) is 0 Å². The predicted molar refractivity (Wildman–Crippen MR) is 90.1 cm³/mol. The molecule has 4 heteroatoms. The molecule has 1 aliphatic carbocycles. The first kappa shape index (κ1) is 14.7. The first-order valence-electron chi connectivity index (χ1n) is 7.71. The van der Waals surface area contributed by atoms with Crippen LogP contribution in [0.1, 0.15) is 25.8 Å². The van der Waals surface area contributed by atoms with Gasteiger partial charge in [0.25, 0.3) is 0 Å². The van der Waals surface area contributed by atoms with E-state index in [-0.39, 0.29) is 23.5 Å². The largest absolute Gasteiger partial charge is 0.382 e. The minimum Gasteiger partial charge on any atom is -0.382 e. The van der Waals surface area contributed by atoms with E-state index in [2.05, 4.69) is 5.32 Å². The molecule has 4 nitrogen and oxygen atoms in total. The fourth-order valence-corrected chi connectivity index (χ4v) is 3.40. The second kappa shape index (κ2) is 5.52. The molecule has 0 fully saturated rings. The Kier molecular flexibility index (Phi) is 3.69. The molecule has 0 saturated heterocycles. The summed E-state index contributed by atoms with van der Waals surface area (Å²) in [4.78, 5) is 17.5. The number of hydrogen-bond donors (Lipinski definition) is 2. The summed E-state index contributed by atoms with van der Waals surface area (Å²) in [6.07, 6.45) is 6.20. The van der Waals surface area contributed by atoms with E-state index in [4.69, 9.17) is 10.4 Å². The Morgan fingerprint density at radius 2 is 2.14 bits per heavy atom. The van der Waals surface area contributed by atoms with E-state index in [0.29, 0.717) is 13.0 Å². The number of anilines is 1. The first-order chi connectivity index (χ1) is 10.6. The summed E-state index contributed by atoms with van der Waals surface area (Å²) in [5.74, 6) is 0.00182. The van der Waals surface area contributed by atoms with Gasteiger partial charge < -0.3 is 10.7 Å². The van der Waals surface area contributed by atoms with Crippen LogP contribution < -0.4 is 5.32 Å². The highest BCUT2D eigenvalue weighted by atomic mass is 16.1. The van der Waals surface area contributed by atoms with Crippen molar-refractivity contribution in [2.45, 2.75) is 26.3 Å². The zero-order valence-corrected chi connectivity index (χ0v) is 13.0. The lowest BCUT2D eigenvalue weighted by Crippen LogP contribution is -2.51. The van der Waals surface area contributed by atoms with Crippen LogP contribution in [0.15, 0.2) is 41.4 Å². The quantitative estimate of drug-likeness (QED) is 0.823. The second-order valence-electron chi connectivity index (χ2n) is 6.26. The van der Waals surface area contributed by atoms with Gasteiger partial charge in [-0.25, -0.2) is 0 Å². The number of hydrogen-bond acceptors (Lipinski definition) is 4. The summed E-state index contributed by atoms with van der Waals surface area (Å²) < 4.78 is 0. The van der Waals surface area contributed by atoms with Gasteiger partial charge in [0.05, 0.1) is 17.2 Å². The maximum atomic E-state index is 12.8. The molecule has 0 saturated carbocycles. The van der Waals surface area contributed by atoms with Gasteiger partial charge in [-0.3, -0.25) is 9.79 Å². The van der Waals surface area contributed by atoms with Gasteiger partial charge in [0, 0.05) is 30.4 Å². The van der Waals surface area contributed by atoms with Crippen molar-refractivity contribution in [3.8, 4) is 0 Å². The number of carbonyl (C=O) groups excluding carboxylic acids is 1. The number of nitrogens with one attached hydrogen (secondary N) is 2. The van der Waals surface area contributed by atoms with Crippen molar-refractivity contribution in [2.24, 2.45) is 16.3 Å². The molecule has 0 bridgehead atoms. The fraction of sp³-hybridized carbons (Fsp3) is 0.389. The standard InChI is InChI=1S/C18H21N3O/c1-12(2)18(9-5-7-14(19)17(18)22)16-11-20-15-8-4-3-6-13(15)10-21-16/h3-6,8-10,12,16,19-20H,7,11H2,1-2H3/t16-,18?/m0/s1. The maximum absolute atomic E-state index is 12.8. The van der Waals surface area contributed by atoms with Gasteiger partial charge in [-0.15, -0.1) is 0 Å². The highest BCUT2D eigenvalue weighted by molar-refractivity contribution is 6.42. The number of carbonyl (C=O) groups is 1. The van der Waals surface area contributed by atoms with Crippen LogP contribution in [0, 0.1) is 16.7 Å². The predicted octanol–water partition coefficient (Wildman–Crippen LogP) is 3.09. The summed E-state index contributed by atoms with van der Waals surface area (Å²) >= 11 is 0. The van der Waals surface area contributed by atoms with Gasteiger partial charge in [-0.2, -0.15) is 0 Å². The van der Waals surface area contributed by atoms with Gasteiger partial charge >= 0.3 is 0 Å². The third-order valence-corrected chi connectivity index (χ3v) is 4.73. The molecule has 22 heavy (non-hydrogen) atoms. The monoisotopic (exact) mass is 295 g/mol. The fourth-order valence-electron chi connectivity index (χ4n) is 3.40. The zero-order valence-electron chi connectivity index (χ0n) is 13.0. The van der Waals surface area contributed by atoms with Crippen LogP contribution in [0.4, 0.5) is 5.69 Å². The number of nitrogens with zero attached hydrogens (tertiary/aromatic N) is 1. The van der Waals surface area contributed by atoms with Crippen LogP contribution in [-0.4, -0.2) is 30.3 Å². The molecule has 2 atom stereocenters. The van der Waals surface area contributed by atoms with Gasteiger partial charge in [0.2, 0.25) is 0 Å². The molecule has 1 aliphatic heterocycles. The van der Waals surface area contributed by atoms with Crippen LogP contribution in [0.2, 0.25) is 0 Å². The van der Waals surface area contributed by atoms with Crippen molar-refractivity contribution >= 4 is 23.4 Å². The topological polar surface area (TPSA) is 65.3 Å². The Morgan fingerprint density at radius 3 is 2.91 bits per heavy atom. The van der Waals surface area contributed by atoms with Crippen molar-refractivity contribution in [1.29, 1.82) is 5.41 Å². The lowest BCUT2D eigenvalue weighted by atomic mass is 9.64. The van der Waals surface area contributed by atoms with Crippen LogP contribution >= 0.6 is 0 Å². The normalized spacial score (nSPS) is 27.5. The number of para-hydroxylation sites is 1. The Balaban J connectivity index is 2.02. The minimum atomic E-state index is -0.721. The summed E-state index contributed by atoms with van der Waals surface area (Å²) in [7, 11) is 0. The number of fused-ring (bicyclic) bond motifs is 1. The van der Waals surface area contributed by atoms with Crippen molar-refractivity contribution < 1.29 is 4.79 Å². The lowest BCUT2D eigenvalue weighted by molar-refractivity contribution is -0.122. The molecule has 1 aromatic rings. The molecule has 114 valence electrons. The number of ketones is 1. The molecular weight excluding hydrogens is 274 g/mol. The molecule has 3 rings (SSSR count). The molecule has 2 aliphatic rings. The van der Waals surface area contributed by atoms with Crippen LogP contribution in [0.3, 0.4) is 0 Å². The minimum absolute atomic E-state index is 0.0834. The number of rotatable bonds is 2. The summed E-state index contributed by atoms with van der Waals surface area (Å²) in [5, 5.41) is 11.4. The first-order valence-corrected chi connectivity index (χ1v) is 7.71. The Hall–Kier alpha value is -2.23. The van der Waals surface area contributed by atoms with E-state index in [0.717, 1.165) is 11.3 Å². The number of aliphatic imine (C=N–C) groups is 1. The Morgan fingerprint density at radius 1 is 1.36 bits per heavy atom. The smallest absolute Gasteiger partial charge is 0.188 e.